The van der Waals surface area contributed by atoms with Gasteiger partial charge in [0.15, 0.2) is 0 Å². The molecule has 3 heteroatoms. The highest BCUT2D eigenvalue weighted by atomic mass is 15.3. The smallest absolute Gasteiger partial charge is 0.0534 e. The Bertz CT molecular complexity index is 333. The molecule has 1 aliphatic carbocycles. The molecule has 0 radical (unpaired) electrons. The summed E-state index contributed by atoms with van der Waals surface area (Å²) in [5.74, 6) is 0. The molecule has 2 rings (SSSR count). The number of nitrogens with zero attached hydrogens (tertiary/aromatic N) is 2. The van der Waals surface area contributed by atoms with Crippen molar-refractivity contribution < 1.29 is 0 Å². The summed E-state index contributed by atoms with van der Waals surface area (Å²) >= 11 is 0. The van der Waals surface area contributed by atoms with Gasteiger partial charge in [-0.3, -0.25) is 4.68 Å². The monoisotopic (exact) mass is 235 g/mol. The fourth-order valence-corrected chi connectivity index (χ4v) is 2.65. The maximum absolute atomic E-state index is 4.35. The SMILES string of the molecule is CCCn1cc(CNCC2(CC)CCC2)cn1. The van der Waals surface area contributed by atoms with E-state index in [-0.39, 0.29) is 0 Å². The van der Waals surface area contributed by atoms with Crippen molar-refractivity contribution in [1.82, 2.24) is 15.1 Å². The summed E-state index contributed by atoms with van der Waals surface area (Å²) in [5, 5.41) is 7.95. The Morgan fingerprint density at radius 1 is 1.41 bits per heavy atom. The molecule has 0 unspecified atom stereocenters. The fraction of sp³-hybridized carbons (Fsp3) is 0.786. The fourth-order valence-electron chi connectivity index (χ4n) is 2.65. The van der Waals surface area contributed by atoms with E-state index < -0.39 is 0 Å². The van der Waals surface area contributed by atoms with Crippen LogP contribution in [0.3, 0.4) is 0 Å². The summed E-state index contributed by atoms with van der Waals surface area (Å²) in [6.07, 6.45) is 10.8. The summed E-state index contributed by atoms with van der Waals surface area (Å²) < 4.78 is 2.04. The maximum Gasteiger partial charge on any atom is 0.0534 e. The van der Waals surface area contributed by atoms with Crippen LogP contribution in [0.4, 0.5) is 0 Å². The molecule has 0 saturated heterocycles. The lowest BCUT2D eigenvalue weighted by Crippen LogP contribution is -2.39. The van der Waals surface area contributed by atoms with Gasteiger partial charge < -0.3 is 5.32 Å². The van der Waals surface area contributed by atoms with Crippen LogP contribution in [0.1, 0.15) is 51.5 Å². The first-order chi connectivity index (χ1) is 8.28. The number of nitrogens with one attached hydrogen (secondary N) is 1. The Morgan fingerprint density at radius 2 is 2.24 bits per heavy atom. The number of aromatic nitrogens is 2. The molecule has 1 heterocycles. The molecule has 1 aliphatic rings. The number of rotatable bonds is 7. The van der Waals surface area contributed by atoms with Crippen molar-refractivity contribution in [2.24, 2.45) is 5.41 Å². The third-order valence-corrected chi connectivity index (χ3v) is 4.13. The van der Waals surface area contributed by atoms with Crippen molar-refractivity contribution in [3.8, 4) is 0 Å². The third-order valence-electron chi connectivity index (χ3n) is 4.13. The Morgan fingerprint density at radius 3 is 2.82 bits per heavy atom. The average molecular weight is 235 g/mol. The van der Waals surface area contributed by atoms with E-state index >= 15 is 0 Å². The molecule has 1 fully saturated rings. The second-order valence-corrected chi connectivity index (χ2v) is 5.42. The van der Waals surface area contributed by atoms with Crippen LogP contribution in [0.25, 0.3) is 0 Å². The van der Waals surface area contributed by atoms with E-state index in [1.54, 1.807) is 0 Å². The van der Waals surface area contributed by atoms with Gasteiger partial charge in [-0.1, -0.05) is 20.3 Å². The van der Waals surface area contributed by atoms with Gasteiger partial charge in [-0.05, 0) is 31.1 Å². The van der Waals surface area contributed by atoms with Crippen molar-refractivity contribution in [3.05, 3.63) is 18.0 Å². The predicted octanol–water partition coefficient (Wildman–Crippen LogP) is 2.96. The number of hydrogen-bond acceptors (Lipinski definition) is 2. The van der Waals surface area contributed by atoms with Crippen molar-refractivity contribution in [1.29, 1.82) is 0 Å². The largest absolute Gasteiger partial charge is 0.312 e. The first-order valence-corrected chi connectivity index (χ1v) is 7.00. The van der Waals surface area contributed by atoms with Crippen molar-refractivity contribution in [2.75, 3.05) is 6.54 Å². The molecule has 0 aliphatic heterocycles. The van der Waals surface area contributed by atoms with Crippen LogP contribution in [0, 0.1) is 5.41 Å². The first kappa shape index (κ1) is 12.6. The number of hydrogen-bond donors (Lipinski definition) is 1. The van der Waals surface area contributed by atoms with Gasteiger partial charge in [0, 0.05) is 31.4 Å². The molecule has 96 valence electrons. The van der Waals surface area contributed by atoms with Crippen LogP contribution in [0.15, 0.2) is 12.4 Å². The Kier molecular flexibility index (Phi) is 4.21. The standard InChI is InChI=1S/C14H25N3/c1-3-8-17-11-13(10-16-17)9-15-12-14(4-2)6-5-7-14/h10-11,15H,3-9,12H2,1-2H3. The molecule has 0 aromatic carbocycles. The van der Waals surface area contributed by atoms with Crippen molar-refractivity contribution >= 4 is 0 Å². The molecule has 3 nitrogen and oxygen atoms in total. The van der Waals surface area contributed by atoms with Gasteiger partial charge in [-0.2, -0.15) is 5.10 Å². The van der Waals surface area contributed by atoms with Gasteiger partial charge in [0.25, 0.3) is 0 Å². The van der Waals surface area contributed by atoms with Gasteiger partial charge >= 0.3 is 0 Å². The highest BCUT2D eigenvalue weighted by Gasteiger charge is 2.34. The molecule has 17 heavy (non-hydrogen) atoms. The topological polar surface area (TPSA) is 29.9 Å². The van der Waals surface area contributed by atoms with E-state index in [1.807, 2.05) is 10.9 Å². The quantitative estimate of drug-likeness (QED) is 0.787. The van der Waals surface area contributed by atoms with Crippen LogP contribution in [0.5, 0.6) is 0 Å². The van der Waals surface area contributed by atoms with Crippen molar-refractivity contribution in [2.45, 2.75) is 59.0 Å². The molecule has 1 aromatic rings. The third kappa shape index (κ3) is 3.09. The lowest BCUT2D eigenvalue weighted by atomic mass is 9.67. The average Bonchev–Trinajstić information content (AvgIpc) is 2.71. The molecule has 0 spiro atoms. The Labute approximate surface area is 105 Å². The van der Waals surface area contributed by atoms with Crippen LogP contribution in [0.2, 0.25) is 0 Å². The summed E-state index contributed by atoms with van der Waals surface area (Å²) in [4.78, 5) is 0. The van der Waals surface area contributed by atoms with E-state index in [2.05, 4.69) is 30.5 Å². The zero-order valence-electron chi connectivity index (χ0n) is 11.2. The van der Waals surface area contributed by atoms with Crippen molar-refractivity contribution in [3.63, 3.8) is 0 Å². The maximum atomic E-state index is 4.35. The summed E-state index contributed by atoms with van der Waals surface area (Å²) in [6, 6.07) is 0. The van der Waals surface area contributed by atoms with Crippen LogP contribution in [-0.4, -0.2) is 16.3 Å². The van der Waals surface area contributed by atoms with E-state index in [1.165, 1.54) is 37.8 Å². The lowest BCUT2D eigenvalue weighted by Gasteiger charge is -2.41. The normalized spacial score (nSPS) is 18.0. The zero-order valence-corrected chi connectivity index (χ0v) is 11.2. The van der Waals surface area contributed by atoms with Gasteiger partial charge in [0.1, 0.15) is 0 Å². The highest BCUT2D eigenvalue weighted by molar-refractivity contribution is 5.03. The van der Waals surface area contributed by atoms with Crippen LogP contribution in [-0.2, 0) is 13.1 Å². The minimum atomic E-state index is 0.611. The lowest BCUT2D eigenvalue weighted by molar-refractivity contribution is 0.124. The van der Waals surface area contributed by atoms with E-state index in [0.29, 0.717) is 5.41 Å². The van der Waals surface area contributed by atoms with Gasteiger partial charge in [0.2, 0.25) is 0 Å². The molecular formula is C14H25N3. The minimum absolute atomic E-state index is 0.611. The molecule has 0 bridgehead atoms. The van der Waals surface area contributed by atoms with Gasteiger partial charge in [-0.15, -0.1) is 0 Å². The minimum Gasteiger partial charge on any atom is -0.312 e. The van der Waals surface area contributed by atoms with E-state index in [9.17, 15) is 0 Å². The zero-order chi connectivity index (χ0) is 12.1. The summed E-state index contributed by atoms with van der Waals surface area (Å²) in [6.45, 7) is 7.66. The molecule has 1 aromatic heterocycles. The second kappa shape index (κ2) is 5.67. The Balaban J connectivity index is 1.73. The van der Waals surface area contributed by atoms with Crippen LogP contribution >= 0.6 is 0 Å². The van der Waals surface area contributed by atoms with E-state index in [0.717, 1.165) is 19.5 Å². The predicted molar refractivity (Wildman–Crippen MR) is 70.8 cm³/mol. The first-order valence-electron chi connectivity index (χ1n) is 7.00. The van der Waals surface area contributed by atoms with E-state index in [4.69, 9.17) is 0 Å². The summed E-state index contributed by atoms with van der Waals surface area (Å²) in [7, 11) is 0. The second-order valence-electron chi connectivity index (χ2n) is 5.42. The molecule has 1 N–H and O–H groups in total. The highest BCUT2D eigenvalue weighted by Crippen LogP contribution is 2.43. The summed E-state index contributed by atoms with van der Waals surface area (Å²) in [5.41, 5.74) is 1.92. The molecule has 0 amide bonds. The van der Waals surface area contributed by atoms with Gasteiger partial charge in [-0.25, -0.2) is 0 Å². The molecule has 0 atom stereocenters. The van der Waals surface area contributed by atoms with Gasteiger partial charge in [0.05, 0.1) is 6.20 Å². The molecular weight excluding hydrogens is 210 g/mol. The number of aryl methyl sites for hydroxylation is 1. The Hall–Kier alpha value is -0.830. The molecule has 1 saturated carbocycles. The van der Waals surface area contributed by atoms with Crippen LogP contribution < -0.4 is 5.32 Å².